The minimum absolute atomic E-state index is 0.0124. The number of rotatable bonds is 2. The fraction of sp³-hybridized carbons (Fsp3) is 0.0833. The smallest absolute Gasteiger partial charge is 0.269 e. The molecule has 2 aliphatic rings. The Labute approximate surface area is 176 Å². The molecule has 1 heterocycles. The first-order chi connectivity index (χ1) is 14.8. The van der Waals surface area contributed by atoms with Crippen LogP contribution in [0.1, 0.15) is 11.1 Å². The summed E-state index contributed by atoms with van der Waals surface area (Å²) in [6.45, 7) is 3.66. The Hall–Kier alpha value is -3.71. The summed E-state index contributed by atoms with van der Waals surface area (Å²) in [5.41, 5.74) is 0.685. The molecule has 7 heteroatoms. The van der Waals surface area contributed by atoms with Gasteiger partial charge in [-0.1, -0.05) is 48.0 Å². The van der Waals surface area contributed by atoms with Crippen molar-refractivity contribution in [1.82, 2.24) is 3.97 Å². The van der Waals surface area contributed by atoms with E-state index in [-0.39, 0.29) is 37.5 Å². The summed E-state index contributed by atoms with van der Waals surface area (Å²) in [6.07, 6.45) is 0. The highest BCUT2D eigenvalue weighted by molar-refractivity contribution is 7.90. The third kappa shape index (κ3) is 2.81. The van der Waals surface area contributed by atoms with Crippen molar-refractivity contribution in [3.8, 4) is 0 Å². The minimum atomic E-state index is -4.22. The van der Waals surface area contributed by atoms with Crippen molar-refractivity contribution in [1.29, 1.82) is 0 Å². The number of nitrogens with zero attached hydrogens (tertiary/aromatic N) is 1. The largest absolute Gasteiger partial charge is 0.449 e. The topological polar surface area (TPSA) is 86.4 Å². The van der Waals surface area contributed by atoms with Crippen LogP contribution < -0.4 is 10.9 Å². The van der Waals surface area contributed by atoms with Crippen LogP contribution in [-0.2, 0) is 10.0 Å². The summed E-state index contributed by atoms with van der Waals surface area (Å²) in [6, 6.07) is 17.7. The van der Waals surface area contributed by atoms with Gasteiger partial charge >= 0.3 is 0 Å². The molecule has 0 saturated carbocycles. The van der Waals surface area contributed by atoms with Crippen molar-refractivity contribution in [2.75, 3.05) is 0 Å². The van der Waals surface area contributed by atoms with Crippen LogP contribution in [-0.4, -0.2) is 12.4 Å². The molecule has 3 aromatic rings. The molecular formula is C24H17NO5S. The fourth-order valence-electron chi connectivity index (χ4n) is 3.79. The molecule has 6 nitrogen and oxygen atoms in total. The first-order valence-corrected chi connectivity index (χ1v) is 11.1. The maximum Gasteiger partial charge on any atom is 0.269 e. The second-order valence-corrected chi connectivity index (χ2v) is 9.32. The zero-order chi connectivity index (χ0) is 21.9. The molecular weight excluding hydrogens is 414 g/mol. The lowest BCUT2D eigenvalue weighted by Gasteiger charge is -2.14. The SMILES string of the molecule is Cc1ccc(S(=O)(=O)n2c3c(=O)c4ccccc4c(=O)c=3oc3ccc(C)cc32)cc1. The van der Waals surface area contributed by atoms with Crippen molar-refractivity contribution >= 4 is 31.9 Å². The number of benzene rings is 3. The Morgan fingerprint density at radius 1 is 0.774 bits per heavy atom. The normalized spacial score (nSPS) is 12.1. The van der Waals surface area contributed by atoms with Crippen LogP contribution >= 0.6 is 0 Å². The second-order valence-electron chi connectivity index (χ2n) is 7.54. The number of hydrogen-bond acceptors (Lipinski definition) is 5. The fourth-order valence-corrected chi connectivity index (χ4v) is 5.29. The molecule has 3 aromatic carbocycles. The lowest BCUT2D eigenvalue weighted by Crippen LogP contribution is -2.25. The molecule has 1 aliphatic heterocycles. The predicted octanol–water partition coefficient (Wildman–Crippen LogP) is 3.69. The molecule has 0 N–H and O–H groups in total. The Morgan fingerprint density at radius 2 is 1.39 bits per heavy atom. The van der Waals surface area contributed by atoms with E-state index >= 15 is 0 Å². The van der Waals surface area contributed by atoms with Gasteiger partial charge in [0.2, 0.25) is 16.3 Å². The summed E-state index contributed by atoms with van der Waals surface area (Å²) in [5, 5.41) is 0.0481. The van der Waals surface area contributed by atoms with E-state index in [1.807, 2.05) is 13.8 Å². The van der Waals surface area contributed by atoms with Gasteiger partial charge in [0.1, 0.15) is 5.52 Å². The number of aryl methyl sites for hydroxylation is 2. The summed E-state index contributed by atoms with van der Waals surface area (Å²) in [5.74, 6) is 0. The standard InChI is InChI=1S/C24H17NO5S/c1-14-7-10-16(11-8-14)31(28,29)25-19-13-15(2)9-12-20(19)30-24-21(25)22(26)17-5-3-4-6-18(17)23(24)27/h3-13H,1-2H3. The molecule has 0 spiro atoms. The van der Waals surface area contributed by atoms with E-state index in [4.69, 9.17) is 4.42 Å². The van der Waals surface area contributed by atoms with Gasteiger partial charge < -0.3 is 4.42 Å². The molecule has 0 bridgehead atoms. The third-order valence-corrected chi connectivity index (χ3v) is 7.09. The molecule has 1 aliphatic carbocycles. The lowest BCUT2D eigenvalue weighted by atomic mass is 10.1. The van der Waals surface area contributed by atoms with E-state index in [1.54, 1.807) is 42.5 Å². The van der Waals surface area contributed by atoms with Crippen molar-refractivity contribution in [3.05, 3.63) is 109 Å². The van der Waals surface area contributed by atoms with Crippen LogP contribution in [0.2, 0.25) is 0 Å². The Balaban J connectivity index is 2.13. The first kappa shape index (κ1) is 19.3. The van der Waals surface area contributed by atoms with Crippen molar-refractivity contribution in [2.45, 2.75) is 18.7 Å². The zero-order valence-corrected chi connectivity index (χ0v) is 17.6. The van der Waals surface area contributed by atoms with E-state index in [0.717, 1.165) is 15.1 Å². The van der Waals surface area contributed by atoms with Crippen LogP contribution in [0.4, 0.5) is 0 Å². The molecule has 0 amide bonds. The molecule has 0 atom stereocenters. The number of fused-ring (bicyclic) bond motifs is 2. The van der Waals surface area contributed by atoms with Gasteiger partial charge in [0.15, 0.2) is 10.9 Å². The van der Waals surface area contributed by atoms with Crippen LogP contribution in [0.3, 0.4) is 0 Å². The van der Waals surface area contributed by atoms with Crippen LogP contribution in [0.25, 0.3) is 21.9 Å². The minimum Gasteiger partial charge on any atom is -0.449 e. The second kappa shape index (κ2) is 6.65. The molecule has 5 rings (SSSR count). The first-order valence-electron chi connectivity index (χ1n) is 9.62. The number of aromatic nitrogens is 1. The monoisotopic (exact) mass is 431 g/mol. The van der Waals surface area contributed by atoms with Gasteiger partial charge in [-0.25, -0.2) is 12.4 Å². The Bertz CT molecular complexity index is 1800. The quantitative estimate of drug-likeness (QED) is 0.426. The third-order valence-electron chi connectivity index (χ3n) is 5.36. The zero-order valence-electron chi connectivity index (χ0n) is 16.7. The molecule has 0 saturated heterocycles. The summed E-state index contributed by atoms with van der Waals surface area (Å²) < 4.78 is 34.3. The lowest BCUT2D eigenvalue weighted by molar-refractivity contribution is 0.545. The van der Waals surface area contributed by atoms with E-state index in [1.165, 1.54) is 24.3 Å². The molecule has 154 valence electrons. The van der Waals surface area contributed by atoms with Crippen molar-refractivity contribution in [2.24, 2.45) is 0 Å². The van der Waals surface area contributed by atoms with Crippen LogP contribution in [0.5, 0.6) is 0 Å². The van der Waals surface area contributed by atoms with Gasteiger partial charge in [0, 0.05) is 10.8 Å². The van der Waals surface area contributed by atoms with E-state index in [9.17, 15) is 18.0 Å². The van der Waals surface area contributed by atoms with Crippen LogP contribution in [0, 0.1) is 24.6 Å². The molecule has 0 fully saturated rings. The van der Waals surface area contributed by atoms with Gasteiger partial charge in [-0.05, 0) is 43.7 Å². The van der Waals surface area contributed by atoms with E-state index in [2.05, 4.69) is 0 Å². The molecule has 31 heavy (non-hydrogen) atoms. The highest BCUT2D eigenvalue weighted by Crippen LogP contribution is 2.23. The Kier molecular flexibility index (Phi) is 4.13. The molecule has 0 radical (unpaired) electrons. The molecule has 0 aromatic heterocycles. The van der Waals surface area contributed by atoms with Gasteiger partial charge in [-0.2, -0.15) is 0 Å². The highest BCUT2D eigenvalue weighted by atomic mass is 32.2. The van der Waals surface area contributed by atoms with Gasteiger partial charge in [-0.3, -0.25) is 9.59 Å². The van der Waals surface area contributed by atoms with Crippen LogP contribution in [0.15, 0.2) is 85.6 Å². The van der Waals surface area contributed by atoms with Crippen molar-refractivity contribution in [3.63, 3.8) is 0 Å². The maximum atomic E-state index is 13.8. The summed E-state index contributed by atoms with van der Waals surface area (Å²) >= 11 is 0. The summed E-state index contributed by atoms with van der Waals surface area (Å²) in [7, 11) is -4.22. The van der Waals surface area contributed by atoms with Gasteiger partial charge in [0.05, 0.1) is 4.90 Å². The van der Waals surface area contributed by atoms with Gasteiger partial charge in [0.25, 0.3) is 10.0 Å². The molecule has 0 unspecified atom stereocenters. The van der Waals surface area contributed by atoms with E-state index in [0.29, 0.717) is 0 Å². The average molecular weight is 431 g/mol. The Morgan fingerprint density at radius 3 is 2.06 bits per heavy atom. The van der Waals surface area contributed by atoms with E-state index < -0.39 is 20.9 Å². The van der Waals surface area contributed by atoms with Gasteiger partial charge in [-0.15, -0.1) is 0 Å². The number of hydrogen-bond donors (Lipinski definition) is 0. The average Bonchev–Trinajstić information content (AvgIpc) is 2.76. The predicted molar refractivity (Wildman–Crippen MR) is 118 cm³/mol. The van der Waals surface area contributed by atoms with Crippen molar-refractivity contribution < 1.29 is 12.8 Å². The maximum absolute atomic E-state index is 13.8. The highest BCUT2D eigenvalue weighted by Gasteiger charge is 2.24. The summed E-state index contributed by atoms with van der Waals surface area (Å²) in [4.78, 5) is 26.6.